The maximum Gasteiger partial charge on any atom is 0.149 e. The minimum absolute atomic E-state index is 0.188. The second-order valence-corrected chi connectivity index (χ2v) is 3.25. The van der Waals surface area contributed by atoms with Crippen LogP contribution in [0.5, 0.6) is 0 Å². The van der Waals surface area contributed by atoms with Crippen LogP contribution in [0.2, 0.25) is 0 Å². The molecule has 0 saturated heterocycles. The summed E-state index contributed by atoms with van der Waals surface area (Å²) in [6, 6.07) is 5.29. The van der Waals surface area contributed by atoms with Crippen LogP contribution < -0.4 is 5.32 Å². The highest BCUT2D eigenvalue weighted by molar-refractivity contribution is 6.18. The Labute approximate surface area is 88.6 Å². The van der Waals surface area contributed by atoms with E-state index in [1.54, 1.807) is 19.1 Å². The molecule has 1 N–H and O–H groups in total. The van der Waals surface area contributed by atoms with Gasteiger partial charge < -0.3 is 5.32 Å². The minimum atomic E-state index is -0.188. The molecule has 0 spiro atoms. The van der Waals surface area contributed by atoms with Gasteiger partial charge in [0.1, 0.15) is 5.82 Å². The van der Waals surface area contributed by atoms with Gasteiger partial charge in [0.05, 0.1) is 5.69 Å². The summed E-state index contributed by atoms with van der Waals surface area (Å²) in [6.45, 7) is 2.34. The van der Waals surface area contributed by atoms with Crippen LogP contribution in [0.15, 0.2) is 30.4 Å². The number of aryl methyl sites for hydroxylation is 1. The van der Waals surface area contributed by atoms with Crippen LogP contribution in [0.1, 0.15) is 5.56 Å². The number of nitrogens with one attached hydrogen (secondary N) is 1. The highest BCUT2D eigenvalue weighted by Gasteiger charge is 2.01. The highest BCUT2D eigenvalue weighted by Crippen LogP contribution is 2.16. The van der Waals surface area contributed by atoms with Crippen LogP contribution in [-0.4, -0.2) is 12.4 Å². The molecular formula is C11H13ClFN. The largest absolute Gasteiger partial charge is 0.379 e. The third-order valence-electron chi connectivity index (χ3n) is 1.86. The number of anilines is 1. The normalized spacial score (nSPS) is 10.8. The molecule has 0 aromatic heterocycles. The fraction of sp³-hybridized carbons (Fsp3) is 0.273. The van der Waals surface area contributed by atoms with Gasteiger partial charge in [0, 0.05) is 12.4 Å². The van der Waals surface area contributed by atoms with E-state index >= 15 is 0 Å². The van der Waals surface area contributed by atoms with Crippen molar-refractivity contribution >= 4 is 17.3 Å². The summed E-state index contributed by atoms with van der Waals surface area (Å²) in [4.78, 5) is 0. The van der Waals surface area contributed by atoms with Gasteiger partial charge >= 0.3 is 0 Å². The third kappa shape index (κ3) is 3.04. The van der Waals surface area contributed by atoms with Crippen LogP contribution in [0.25, 0.3) is 0 Å². The molecule has 0 radical (unpaired) electrons. The molecule has 0 aliphatic heterocycles. The number of allylic oxidation sites excluding steroid dienone is 1. The third-order valence-corrected chi connectivity index (χ3v) is 2.04. The van der Waals surface area contributed by atoms with Crippen LogP contribution in [0, 0.1) is 12.7 Å². The average molecular weight is 214 g/mol. The van der Waals surface area contributed by atoms with Gasteiger partial charge in [0.2, 0.25) is 0 Å². The zero-order valence-corrected chi connectivity index (χ0v) is 8.81. The topological polar surface area (TPSA) is 12.0 Å². The molecule has 0 amide bonds. The van der Waals surface area contributed by atoms with Crippen molar-refractivity contribution in [3.63, 3.8) is 0 Å². The Kier molecular flexibility index (Phi) is 4.47. The number of benzene rings is 1. The Morgan fingerprint density at radius 2 is 2.21 bits per heavy atom. The van der Waals surface area contributed by atoms with Crippen LogP contribution in [0.4, 0.5) is 10.1 Å². The SMILES string of the molecule is Cc1cccc(NC/C=C/CCl)c1F. The van der Waals surface area contributed by atoms with Gasteiger partial charge in [0.15, 0.2) is 0 Å². The highest BCUT2D eigenvalue weighted by atomic mass is 35.5. The first kappa shape index (κ1) is 11.1. The van der Waals surface area contributed by atoms with Crippen molar-refractivity contribution < 1.29 is 4.39 Å². The Morgan fingerprint density at radius 3 is 2.93 bits per heavy atom. The molecule has 0 aliphatic carbocycles. The maximum atomic E-state index is 13.4. The molecule has 0 fully saturated rings. The molecule has 0 unspecified atom stereocenters. The van der Waals surface area contributed by atoms with E-state index in [-0.39, 0.29) is 5.82 Å². The summed E-state index contributed by atoms with van der Waals surface area (Å²) in [6.07, 6.45) is 3.69. The first-order valence-corrected chi connectivity index (χ1v) is 4.99. The average Bonchev–Trinajstić information content (AvgIpc) is 2.19. The first-order valence-electron chi connectivity index (χ1n) is 4.45. The van der Waals surface area contributed by atoms with Crippen LogP contribution in [0.3, 0.4) is 0 Å². The summed E-state index contributed by atoms with van der Waals surface area (Å²) in [7, 11) is 0. The predicted molar refractivity (Wildman–Crippen MR) is 59.5 cm³/mol. The van der Waals surface area contributed by atoms with Gasteiger partial charge in [-0.3, -0.25) is 0 Å². The molecule has 76 valence electrons. The molecule has 1 rings (SSSR count). The fourth-order valence-corrected chi connectivity index (χ4v) is 1.23. The van der Waals surface area contributed by atoms with Gasteiger partial charge in [-0.2, -0.15) is 0 Å². The number of hydrogen-bond acceptors (Lipinski definition) is 1. The molecule has 14 heavy (non-hydrogen) atoms. The van der Waals surface area contributed by atoms with Gasteiger partial charge in [0.25, 0.3) is 0 Å². The summed E-state index contributed by atoms with van der Waals surface area (Å²) >= 11 is 5.45. The van der Waals surface area contributed by atoms with Crippen molar-refractivity contribution in [3.8, 4) is 0 Å². The first-order chi connectivity index (χ1) is 6.75. The molecule has 3 heteroatoms. The molecule has 0 aliphatic rings. The van der Waals surface area contributed by atoms with Crippen LogP contribution >= 0.6 is 11.6 Å². The van der Waals surface area contributed by atoms with Crippen molar-refractivity contribution in [1.29, 1.82) is 0 Å². The van der Waals surface area contributed by atoms with E-state index in [0.29, 0.717) is 23.7 Å². The quantitative estimate of drug-likeness (QED) is 0.598. The van der Waals surface area contributed by atoms with Crippen molar-refractivity contribution in [2.75, 3.05) is 17.7 Å². The smallest absolute Gasteiger partial charge is 0.149 e. The molecule has 1 aromatic rings. The number of rotatable bonds is 4. The van der Waals surface area contributed by atoms with Gasteiger partial charge in [-0.05, 0) is 18.6 Å². The summed E-state index contributed by atoms with van der Waals surface area (Å²) < 4.78 is 13.4. The summed E-state index contributed by atoms with van der Waals surface area (Å²) in [5.74, 6) is 0.296. The maximum absolute atomic E-state index is 13.4. The fourth-order valence-electron chi connectivity index (χ4n) is 1.10. The van der Waals surface area contributed by atoms with E-state index in [9.17, 15) is 4.39 Å². The number of halogens is 2. The zero-order chi connectivity index (χ0) is 10.4. The Balaban J connectivity index is 2.59. The Morgan fingerprint density at radius 1 is 1.43 bits per heavy atom. The molecular weight excluding hydrogens is 201 g/mol. The molecule has 0 bridgehead atoms. The predicted octanol–water partition coefficient (Wildman–Crippen LogP) is 3.34. The lowest BCUT2D eigenvalue weighted by atomic mass is 10.2. The zero-order valence-electron chi connectivity index (χ0n) is 8.06. The van der Waals surface area contributed by atoms with Gasteiger partial charge in [-0.1, -0.05) is 24.3 Å². The van der Waals surface area contributed by atoms with Crippen molar-refractivity contribution in [1.82, 2.24) is 0 Å². The molecule has 0 saturated carbocycles. The molecule has 0 atom stereocenters. The van der Waals surface area contributed by atoms with Crippen molar-refractivity contribution in [2.24, 2.45) is 0 Å². The molecule has 0 heterocycles. The van der Waals surface area contributed by atoms with E-state index in [1.807, 2.05) is 18.2 Å². The molecule has 1 aromatic carbocycles. The summed E-state index contributed by atoms with van der Waals surface area (Å²) in [5.41, 5.74) is 1.18. The number of alkyl halides is 1. The van der Waals surface area contributed by atoms with E-state index < -0.39 is 0 Å². The van der Waals surface area contributed by atoms with E-state index in [2.05, 4.69) is 5.32 Å². The van der Waals surface area contributed by atoms with E-state index in [4.69, 9.17) is 11.6 Å². The standard InChI is InChI=1S/C11H13ClFN/c1-9-5-4-6-10(11(9)13)14-8-3-2-7-12/h2-6,14H,7-8H2,1H3/b3-2+. The van der Waals surface area contributed by atoms with Gasteiger partial charge in [-0.25, -0.2) is 4.39 Å². The second-order valence-electron chi connectivity index (χ2n) is 2.94. The Hall–Kier alpha value is -1.02. The lowest BCUT2D eigenvalue weighted by molar-refractivity contribution is 0.621. The summed E-state index contributed by atoms with van der Waals surface area (Å²) in [5, 5.41) is 2.97. The van der Waals surface area contributed by atoms with Gasteiger partial charge in [-0.15, -0.1) is 11.6 Å². The molecule has 1 nitrogen and oxygen atoms in total. The lowest BCUT2D eigenvalue weighted by Crippen LogP contribution is -2.01. The number of hydrogen-bond donors (Lipinski definition) is 1. The van der Waals surface area contributed by atoms with E-state index in [0.717, 1.165) is 0 Å². The lowest BCUT2D eigenvalue weighted by Gasteiger charge is -2.06. The monoisotopic (exact) mass is 213 g/mol. The Bertz CT molecular complexity index is 323. The van der Waals surface area contributed by atoms with Crippen molar-refractivity contribution in [2.45, 2.75) is 6.92 Å². The second kappa shape index (κ2) is 5.66. The minimum Gasteiger partial charge on any atom is -0.379 e. The van der Waals surface area contributed by atoms with Crippen molar-refractivity contribution in [3.05, 3.63) is 41.7 Å². The van der Waals surface area contributed by atoms with E-state index in [1.165, 1.54) is 0 Å². The van der Waals surface area contributed by atoms with Crippen LogP contribution in [-0.2, 0) is 0 Å².